The van der Waals surface area contributed by atoms with Gasteiger partial charge < -0.3 is 15.8 Å². The van der Waals surface area contributed by atoms with E-state index in [1.54, 1.807) is 12.1 Å². The van der Waals surface area contributed by atoms with Crippen molar-refractivity contribution in [2.45, 2.75) is 18.9 Å². The maximum atomic E-state index is 11.6. The molecule has 7 heteroatoms. The van der Waals surface area contributed by atoms with Crippen molar-refractivity contribution >= 4 is 27.2 Å². The lowest BCUT2D eigenvalue weighted by atomic mass is 10.1. The second kappa shape index (κ2) is 5.70. The monoisotopic (exact) mass is 298 g/mol. The second-order valence-corrected chi connectivity index (χ2v) is 7.12. The fraction of sp³-hybridized carbons (Fsp3) is 0.462. The number of rotatable bonds is 3. The Morgan fingerprint density at radius 2 is 2.20 bits per heavy atom. The van der Waals surface area contributed by atoms with Gasteiger partial charge in [-0.1, -0.05) is 0 Å². The lowest BCUT2D eigenvalue weighted by Crippen LogP contribution is -2.35. The van der Waals surface area contributed by atoms with Crippen LogP contribution in [0.3, 0.4) is 0 Å². The second-order valence-electron chi connectivity index (χ2n) is 4.89. The van der Waals surface area contributed by atoms with Gasteiger partial charge in [0.15, 0.2) is 9.84 Å². The number of carbonyl (C=O) groups is 1. The molecule has 0 bridgehead atoms. The van der Waals surface area contributed by atoms with E-state index in [9.17, 15) is 13.2 Å². The van der Waals surface area contributed by atoms with E-state index < -0.39 is 15.8 Å². The van der Waals surface area contributed by atoms with Crippen molar-refractivity contribution in [3.05, 3.63) is 23.8 Å². The fourth-order valence-corrected chi connectivity index (χ4v) is 3.93. The van der Waals surface area contributed by atoms with Crippen LogP contribution in [0.15, 0.2) is 18.2 Å². The molecule has 1 heterocycles. The van der Waals surface area contributed by atoms with Gasteiger partial charge in [-0.2, -0.15) is 0 Å². The summed E-state index contributed by atoms with van der Waals surface area (Å²) in [5.74, 6) is -0.0869. The summed E-state index contributed by atoms with van der Waals surface area (Å²) in [6.45, 7) is 0. The van der Waals surface area contributed by atoms with Crippen molar-refractivity contribution in [1.29, 1.82) is 0 Å². The van der Waals surface area contributed by atoms with Crippen LogP contribution < -0.4 is 11.1 Å². The Labute approximate surface area is 118 Å². The first kappa shape index (κ1) is 14.6. The minimum absolute atomic E-state index is 0.116. The average molecular weight is 298 g/mol. The molecule has 0 amide bonds. The number of hydrogen-bond acceptors (Lipinski definition) is 6. The number of ether oxygens (including phenoxy) is 1. The quantitative estimate of drug-likeness (QED) is 0.639. The molecule has 0 radical (unpaired) electrons. The number of carbonyl (C=O) groups excluding carboxylic acids is 1. The van der Waals surface area contributed by atoms with Gasteiger partial charge in [-0.15, -0.1) is 0 Å². The van der Waals surface area contributed by atoms with Crippen LogP contribution in [0.4, 0.5) is 11.4 Å². The van der Waals surface area contributed by atoms with Crippen molar-refractivity contribution in [1.82, 2.24) is 0 Å². The molecule has 1 aromatic rings. The molecule has 3 N–H and O–H groups in total. The number of anilines is 2. The molecule has 2 rings (SSSR count). The Bertz CT molecular complexity index is 613. The van der Waals surface area contributed by atoms with Gasteiger partial charge in [0.25, 0.3) is 0 Å². The minimum Gasteiger partial charge on any atom is -0.465 e. The highest BCUT2D eigenvalue weighted by molar-refractivity contribution is 7.91. The lowest BCUT2D eigenvalue weighted by Gasteiger charge is -2.24. The molecule has 0 aliphatic carbocycles. The SMILES string of the molecule is COC(=O)c1ccc(NC2CCCS(=O)(=O)C2)c(N)c1. The van der Waals surface area contributed by atoms with Crippen LogP contribution in [0.5, 0.6) is 0 Å². The molecule has 0 spiro atoms. The normalized spacial score (nSPS) is 21.1. The molecule has 6 nitrogen and oxygen atoms in total. The van der Waals surface area contributed by atoms with Crippen LogP contribution in [-0.4, -0.2) is 39.0 Å². The van der Waals surface area contributed by atoms with E-state index >= 15 is 0 Å². The van der Waals surface area contributed by atoms with Crippen molar-refractivity contribution in [2.75, 3.05) is 29.7 Å². The highest BCUT2D eigenvalue weighted by Crippen LogP contribution is 2.24. The summed E-state index contributed by atoms with van der Waals surface area (Å²) in [7, 11) is -1.66. The summed E-state index contributed by atoms with van der Waals surface area (Å²) in [6.07, 6.45) is 1.44. The number of nitrogens with one attached hydrogen (secondary N) is 1. The molecule has 0 saturated carbocycles. The number of esters is 1. The van der Waals surface area contributed by atoms with E-state index in [-0.39, 0.29) is 17.5 Å². The minimum atomic E-state index is -2.97. The highest BCUT2D eigenvalue weighted by Gasteiger charge is 2.25. The third kappa shape index (κ3) is 3.41. The lowest BCUT2D eigenvalue weighted by molar-refractivity contribution is 0.0601. The molecule has 0 aromatic heterocycles. The molecule has 110 valence electrons. The number of hydrogen-bond donors (Lipinski definition) is 2. The van der Waals surface area contributed by atoms with Crippen LogP contribution in [-0.2, 0) is 14.6 Å². The van der Waals surface area contributed by atoms with Gasteiger partial charge in [-0.05, 0) is 31.0 Å². The molecule has 1 unspecified atom stereocenters. The summed E-state index contributed by atoms with van der Waals surface area (Å²) < 4.78 is 27.8. The van der Waals surface area contributed by atoms with Crippen molar-refractivity contribution in [3.8, 4) is 0 Å². The zero-order chi connectivity index (χ0) is 14.8. The van der Waals surface area contributed by atoms with Gasteiger partial charge in [0, 0.05) is 6.04 Å². The molecule has 20 heavy (non-hydrogen) atoms. The summed E-state index contributed by atoms with van der Waals surface area (Å²) >= 11 is 0. The standard InChI is InChI=1S/C13H18N2O4S/c1-19-13(16)9-4-5-12(11(14)7-9)15-10-3-2-6-20(17,18)8-10/h4-5,7,10,15H,2-3,6,8,14H2,1H3. The van der Waals surface area contributed by atoms with Crippen molar-refractivity contribution < 1.29 is 17.9 Å². The van der Waals surface area contributed by atoms with E-state index in [2.05, 4.69) is 10.1 Å². The summed E-state index contributed by atoms with van der Waals surface area (Å²) in [5.41, 5.74) is 7.28. The maximum absolute atomic E-state index is 11.6. The molecule has 1 saturated heterocycles. The average Bonchev–Trinajstić information content (AvgIpc) is 2.39. The van der Waals surface area contributed by atoms with Gasteiger partial charge in [0.1, 0.15) is 0 Å². The van der Waals surface area contributed by atoms with Crippen molar-refractivity contribution in [3.63, 3.8) is 0 Å². The number of benzene rings is 1. The zero-order valence-electron chi connectivity index (χ0n) is 11.3. The molecule has 1 fully saturated rings. The van der Waals surface area contributed by atoms with Gasteiger partial charge in [0.05, 0.1) is 35.6 Å². The number of sulfone groups is 1. The molecule has 1 aliphatic rings. The van der Waals surface area contributed by atoms with Gasteiger partial charge in [-0.3, -0.25) is 0 Å². The zero-order valence-corrected chi connectivity index (χ0v) is 12.1. The summed E-state index contributed by atoms with van der Waals surface area (Å²) in [6, 6.07) is 4.65. The summed E-state index contributed by atoms with van der Waals surface area (Å²) in [5, 5.41) is 3.13. The third-order valence-corrected chi connectivity index (χ3v) is 5.12. The predicted octanol–water partition coefficient (Wildman–Crippen LogP) is 1.04. The van der Waals surface area contributed by atoms with E-state index in [1.807, 2.05) is 0 Å². The van der Waals surface area contributed by atoms with Crippen LogP contribution in [0.1, 0.15) is 23.2 Å². The first-order chi connectivity index (χ1) is 9.41. The Kier molecular flexibility index (Phi) is 4.17. The Balaban J connectivity index is 2.12. The Morgan fingerprint density at radius 3 is 2.80 bits per heavy atom. The number of nitrogen functional groups attached to an aromatic ring is 1. The number of methoxy groups -OCH3 is 1. The molecular weight excluding hydrogens is 280 g/mol. The third-order valence-electron chi connectivity index (χ3n) is 3.30. The Morgan fingerprint density at radius 1 is 1.45 bits per heavy atom. The van der Waals surface area contributed by atoms with Crippen molar-refractivity contribution in [2.24, 2.45) is 0 Å². The van der Waals surface area contributed by atoms with E-state index in [0.29, 0.717) is 23.4 Å². The maximum Gasteiger partial charge on any atom is 0.337 e. The number of nitrogens with two attached hydrogens (primary N) is 1. The van der Waals surface area contributed by atoms with E-state index in [0.717, 1.165) is 6.42 Å². The van der Waals surface area contributed by atoms with Crippen LogP contribution in [0, 0.1) is 0 Å². The first-order valence-corrected chi connectivity index (χ1v) is 8.18. The predicted molar refractivity (Wildman–Crippen MR) is 77.5 cm³/mol. The van der Waals surface area contributed by atoms with E-state index in [4.69, 9.17) is 5.73 Å². The van der Waals surface area contributed by atoms with Gasteiger partial charge >= 0.3 is 5.97 Å². The fourth-order valence-electron chi connectivity index (χ4n) is 2.30. The molecule has 1 aromatic carbocycles. The molecule has 1 atom stereocenters. The molecular formula is C13H18N2O4S. The van der Waals surface area contributed by atoms with Crippen LogP contribution in [0.2, 0.25) is 0 Å². The van der Waals surface area contributed by atoms with Crippen LogP contribution in [0.25, 0.3) is 0 Å². The smallest absolute Gasteiger partial charge is 0.337 e. The van der Waals surface area contributed by atoms with E-state index in [1.165, 1.54) is 13.2 Å². The highest BCUT2D eigenvalue weighted by atomic mass is 32.2. The van der Waals surface area contributed by atoms with Gasteiger partial charge in [-0.25, -0.2) is 13.2 Å². The Hall–Kier alpha value is -1.76. The first-order valence-electron chi connectivity index (χ1n) is 6.36. The van der Waals surface area contributed by atoms with Crippen LogP contribution >= 0.6 is 0 Å². The molecule has 1 aliphatic heterocycles. The summed E-state index contributed by atoms with van der Waals surface area (Å²) in [4.78, 5) is 11.4. The largest absolute Gasteiger partial charge is 0.465 e. The topological polar surface area (TPSA) is 98.5 Å². The van der Waals surface area contributed by atoms with Gasteiger partial charge in [0.2, 0.25) is 0 Å².